The van der Waals surface area contributed by atoms with Gasteiger partial charge in [-0.25, -0.2) is 4.79 Å². The van der Waals surface area contributed by atoms with E-state index in [0.717, 1.165) is 17.2 Å². The Balaban J connectivity index is 1.61. The Morgan fingerprint density at radius 1 is 0.767 bits per heavy atom. The molecule has 234 valence electrons. The summed E-state index contributed by atoms with van der Waals surface area (Å²) >= 11 is 0. The van der Waals surface area contributed by atoms with Crippen LogP contribution in [-0.2, 0) is 20.6 Å². The molecule has 3 aromatic rings. The van der Waals surface area contributed by atoms with Crippen molar-refractivity contribution in [3.63, 3.8) is 0 Å². The average Bonchev–Trinajstić information content (AvgIpc) is 2.96. The van der Waals surface area contributed by atoms with Crippen LogP contribution in [0.3, 0.4) is 0 Å². The molecule has 0 atom stereocenters. The lowest BCUT2D eigenvalue weighted by molar-refractivity contribution is -0.121. The molecule has 0 spiro atoms. The van der Waals surface area contributed by atoms with Gasteiger partial charge in [-0.05, 0) is 73.2 Å². The van der Waals surface area contributed by atoms with Gasteiger partial charge in [0.25, 0.3) is 0 Å². The van der Waals surface area contributed by atoms with Crippen molar-refractivity contribution in [2.75, 3.05) is 7.11 Å². The maximum Gasteiger partial charge on any atom is 0.519 e. The van der Waals surface area contributed by atoms with Crippen molar-refractivity contribution in [2.45, 2.75) is 90.4 Å². The Morgan fingerprint density at radius 2 is 1.40 bits per heavy atom. The quantitative estimate of drug-likeness (QED) is 0.0576. The number of unbranched alkanes of at least 4 members (excludes halogenated alkanes) is 1. The molecule has 0 saturated heterocycles. The summed E-state index contributed by atoms with van der Waals surface area (Å²) in [6.07, 6.45) is 1.64. The van der Waals surface area contributed by atoms with E-state index >= 15 is 0 Å². The molecule has 0 aromatic heterocycles. The smallest absolute Gasteiger partial charge is 0.493 e. The lowest BCUT2D eigenvalue weighted by Crippen LogP contribution is -2.58. The van der Waals surface area contributed by atoms with E-state index in [1.54, 1.807) is 25.3 Å². The SMILES string of the molecule is CCCC[Si](C)(C)[Si](C)(C)OO[Si](C)(C)Cc1ccc(OC(=O)Oc2ccc(C(C)(C)c3ccccc3)cc2)c(OC)c1. The van der Waals surface area contributed by atoms with Crippen LogP contribution < -0.4 is 14.2 Å². The van der Waals surface area contributed by atoms with Gasteiger partial charge in [-0.3, -0.25) is 4.58 Å². The number of hydrogen-bond donors (Lipinski definition) is 0. The molecule has 3 aromatic carbocycles. The molecule has 3 rings (SSSR count). The van der Waals surface area contributed by atoms with E-state index in [1.807, 2.05) is 42.5 Å². The first kappa shape index (κ1) is 34.8. The highest BCUT2D eigenvalue weighted by molar-refractivity contribution is 7.38. The fourth-order valence-corrected chi connectivity index (χ4v) is 13.3. The molecule has 6 nitrogen and oxygen atoms in total. The standard InChI is InChI=1S/C34H50O6Si3/c1-11-12-24-42(7,8)43(9,10)40-39-41(5,6)26-27-18-23-31(32(25-27)36-4)38-33(35)37-30-21-19-29(20-22-30)34(2,3)28-16-14-13-15-17-28/h13-23,25H,11-12,24,26H2,1-10H3. The molecule has 0 amide bonds. The van der Waals surface area contributed by atoms with E-state index in [-0.39, 0.29) is 5.41 Å². The predicted molar refractivity (Wildman–Crippen MR) is 183 cm³/mol. The fraction of sp³-hybridized carbons (Fsp3) is 0.441. The first-order valence-corrected chi connectivity index (χ1v) is 25.4. The van der Waals surface area contributed by atoms with Crippen molar-refractivity contribution in [1.82, 2.24) is 0 Å². The van der Waals surface area contributed by atoms with Gasteiger partial charge in [0.2, 0.25) is 16.2 Å². The predicted octanol–water partition coefficient (Wildman–Crippen LogP) is 9.63. The first-order chi connectivity index (χ1) is 20.1. The van der Waals surface area contributed by atoms with Gasteiger partial charge < -0.3 is 18.8 Å². The van der Waals surface area contributed by atoms with Crippen LogP contribution in [0.15, 0.2) is 72.8 Å². The molecule has 0 aliphatic rings. The summed E-state index contributed by atoms with van der Waals surface area (Å²) in [5, 5.41) is 0. The van der Waals surface area contributed by atoms with Crippen molar-refractivity contribution < 1.29 is 28.2 Å². The monoisotopic (exact) mass is 638 g/mol. The van der Waals surface area contributed by atoms with Crippen LogP contribution in [0.25, 0.3) is 0 Å². The molecule has 43 heavy (non-hydrogen) atoms. The zero-order chi connectivity index (χ0) is 31.9. The van der Waals surface area contributed by atoms with Crippen LogP contribution in [0.5, 0.6) is 17.2 Å². The molecule has 0 radical (unpaired) electrons. The van der Waals surface area contributed by atoms with E-state index in [2.05, 4.69) is 72.2 Å². The topological polar surface area (TPSA) is 63.2 Å². The van der Waals surface area contributed by atoms with Gasteiger partial charge in [0, 0.05) is 5.41 Å². The third-order valence-electron chi connectivity index (χ3n) is 8.58. The van der Waals surface area contributed by atoms with Crippen LogP contribution in [0, 0.1) is 0 Å². The minimum Gasteiger partial charge on any atom is -0.493 e. The summed E-state index contributed by atoms with van der Waals surface area (Å²) in [7, 11) is -4.08. The molecule has 0 unspecified atom stereocenters. The number of ether oxygens (including phenoxy) is 3. The average molecular weight is 639 g/mol. The van der Waals surface area contributed by atoms with Crippen LogP contribution >= 0.6 is 0 Å². The van der Waals surface area contributed by atoms with Gasteiger partial charge in [-0.1, -0.05) is 101 Å². The Morgan fingerprint density at radius 3 is 2.00 bits per heavy atom. The molecule has 9 heteroatoms. The van der Waals surface area contributed by atoms with Gasteiger partial charge >= 0.3 is 6.16 Å². The lowest BCUT2D eigenvalue weighted by Gasteiger charge is -2.38. The number of hydrogen-bond acceptors (Lipinski definition) is 6. The normalized spacial score (nSPS) is 12.6. The largest absolute Gasteiger partial charge is 0.519 e. The second-order valence-electron chi connectivity index (χ2n) is 13.6. The molecular formula is C34H50O6Si3. The van der Waals surface area contributed by atoms with Crippen molar-refractivity contribution in [1.29, 1.82) is 0 Å². The van der Waals surface area contributed by atoms with Crippen molar-refractivity contribution in [3.05, 3.63) is 89.5 Å². The van der Waals surface area contributed by atoms with Crippen molar-refractivity contribution >= 4 is 29.9 Å². The summed E-state index contributed by atoms with van der Waals surface area (Å²) in [5.74, 6) is 1.17. The van der Waals surface area contributed by atoms with Crippen LogP contribution in [0.4, 0.5) is 4.79 Å². The maximum atomic E-state index is 12.7. The van der Waals surface area contributed by atoms with E-state index < -0.39 is 29.9 Å². The van der Waals surface area contributed by atoms with E-state index in [9.17, 15) is 4.79 Å². The number of rotatable bonds is 14. The highest BCUT2D eigenvalue weighted by atomic mass is 29.3. The van der Waals surface area contributed by atoms with Gasteiger partial charge in [0.1, 0.15) is 5.75 Å². The number of benzene rings is 3. The fourth-order valence-electron chi connectivity index (χ4n) is 4.84. The highest BCUT2D eigenvalue weighted by Gasteiger charge is 2.45. The minimum absolute atomic E-state index is 0.185. The maximum absolute atomic E-state index is 12.7. The summed E-state index contributed by atoms with van der Waals surface area (Å²) in [4.78, 5) is 12.7. The van der Waals surface area contributed by atoms with Gasteiger partial charge in [-0.2, -0.15) is 0 Å². The third kappa shape index (κ3) is 9.39. The third-order valence-corrected chi connectivity index (χ3v) is 26.7. The summed E-state index contributed by atoms with van der Waals surface area (Å²) in [6, 6.07) is 25.4. The first-order valence-electron chi connectivity index (χ1n) is 15.2. The molecule has 0 aliphatic carbocycles. The van der Waals surface area contributed by atoms with Crippen LogP contribution in [-0.4, -0.2) is 37.0 Å². The summed E-state index contributed by atoms with van der Waals surface area (Å²) < 4.78 is 29.1. The minimum atomic E-state index is -2.19. The van der Waals surface area contributed by atoms with Crippen molar-refractivity contribution in [3.8, 4) is 17.2 Å². The van der Waals surface area contributed by atoms with Crippen LogP contribution in [0.1, 0.15) is 50.3 Å². The summed E-state index contributed by atoms with van der Waals surface area (Å²) in [6.45, 7) is 20.4. The number of carbonyl (C=O) groups is 1. The molecule has 0 N–H and O–H groups in total. The number of methoxy groups -OCH3 is 1. The summed E-state index contributed by atoms with van der Waals surface area (Å²) in [5.41, 5.74) is 3.18. The van der Waals surface area contributed by atoms with Gasteiger partial charge in [-0.15, -0.1) is 0 Å². The zero-order valence-corrected chi connectivity index (χ0v) is 30.7. The van der Waals surface area contributed by atoms with Crippen LogP contribution in [0.2, 0.25) is 45.3 Å². The molecule has 0 aliphatic heterocycles. The Labute approximate surface area is 261 Å². The van der Waals surface area contributed by atoms with Gasteiger partial charge in [0.15, 0.2) is 11.5 Å². The molecular weight excluding hydrogens is 589 g/mol. The van der Waals surface area contributed by atoms with E-state index in [0.29, 0.717) is 17.2 Å². The van der Waals surface area contributed by atoms with Crippen molar-refractivity contribution in [2.24, 2.45) is 0 Å². The number of carbonyl (C=O) groups excluding carboxylic acids is 1. The van der Waals surface area contributed by atoms with E-state index in [1.165, 1.54) is 24.4 Å². The Hall–Kier alpha value is -2.70. The Bertz CT molecular complexity index is 1340. The second-order valence-corrected chi connectivity index (χ2v) is 32.7. The van der Waals surface area contributed by atoms with E-state index in [4.69, 9.17) is 23.4 Å². The lowest BCUT2D eigenvalue weighted by atomic mass is 9.78. The molecule has 0 saturated carbocycles. The zero-order valence-electron chi connectivity index (χ0n) is 27.7. The molecule has 0 fully saturated rings. The Kier molecular flexibility index (Phi) is 11.6. The molecule has 0 bridgehead atoms. The highest BCUT2D eigenvalue weighted by Crippen LogP contribution is 2.34. The second kappa shape index (κ2) is 14.4. The molecule has 0 heterocycles. The van der Waals surface area contributed by atoms with Gasteiger partial charge in [0.05, 0.1) is 14.7 Å².